The largest absolute Gasteiger partial charge is 0.450 e. The summed E-state index contributed by atoms with van der Waals surface area (Å²) >= 11 is 1.45. The molecule has 1 aliphatic heterocycles. The standard InChI is InChI=1S/C19H25N5O3S/c1-3-27-19(26)24-9-7-14(8-10-24)21-17(25)11-15-12-28-18(22-15)23-16-6-4-5-13(2)20-16/h4-6,12,14H,3,7-11H2,1-2H3,(H,21,25)(H,20,22,23). The van der Waals surface area contributed by atoms with Crippen molar-refractivity contribution in [3.05, 3.63) is 35.0 Å². The van der Waals surface area contributed by atoms with E-state index < -0.39 is 0 Å². The van der Waals surface area contributed by atoms with Crippen LogP contribution in [0.15, 0.2) is 23.6 Å². The molecule has 0 aliphatic carbocycles. The summed E-state index contributed by atoms with van der Waals surface area (Å²) in [6.45, 7) is 5.29. The van der Waals surface area contributed by atoms with Gasteiger partial charge in [0.1, 0.15) is 5.82 Å². The number of ether oxygens (including phenoxy) is 1. The predicted octanol–water partition coefficient (Wildman–Crippen LogP) is 2.87. The van der Waals surface area contributed by atoms with Crippen LogP contribution < -0.4 is 10.6 Å². The number of nitrogens with one attached hydrogen (secondary N) is 2. The molecule has 9 heteroatoms. The molecular weight excluding hydrogens is 378 g/mol. The average Bonchev–Trinajstić information content (AvgIpc) is 3.09. The number of pyridine rings is 1. The average molecular weight is 404 g/mol. The summed E-state index contributed by atoms with van der Waals surface area (Å²) in [5.74, 6) is 0.679. The first kappa shape index (κ1) is 20.1. The van der Waals surface area contributed by atoms with Crippen LogP contribution in [-0.4, -0.2) is 52.6 Å². The van der Waals surface area contributed by atoms with Gasteiger partial charge in [-0.15, -0.1) is 11.3 Å². The highest BCUT2D eigenvalue weighted by Gasteiger charge is 2.24. The lowest BCUT2D eigenvalue weighted by atomic mass is 10.1. The Kier molecular flexibility index (Phi) is 6.80. The second kappa shape index (κ2) is 9.50. The van der Waals surface area contributed by atoms with Crippen molar-refractivity contribution in [1.82, 2.24) is 20.2 Å². The summed E-state index contributed by atoms with van der Waals surface area (Å²) in [6, 6.07) is 5.81. The molecule has 1 aliphatic rings. The van der Waals surface area contributed by atoms with Crippen LogP contribution in [0.3, 0.4) is 0 Å². The van der Waals surface area contributed by atoms with E-state index in [1.165, 1.54) is 11.3 Å². The van der Waals surface area contributed by atoms with Gasteiger partial charge < -0.3 is 20.3 Å². The predicted molar refractivity (Wildman–Crippen MR) is 108 cm³/mol. The molecule has 8 nitrogen and oxygen atoms in total. The molecule has 28 heavy (non-hydrogen) atoms. The Labute approximate surface area is 168 Å². The molecule has 0 radical (unpaired) electrons. The van der Waals surface area contributed by atoms with Crippen LogP contribution >= 0.6 is 11.3 Å². The van der Waals surface area contributed by atoms with Crippen LogP contribution in [0.25, 0.3) is 0 Å². The van der Waals surface area contributed by atoms with Gasteiger partial charge in [0.2, 0.25) is 5.91 Å². The first-order valence-electron chi connectivity index (χ1n) is 9.39. The van der Waals surface area contributed by atoms with Crippen LogP contribution in [0.5, 0.6) is 0 Å². The number of hydrogen-bond donors (Lipinski definition) is 2. The van der Waals surface area contributed by atoms with Gasteiger partial charge >= 0.3 is 6.09 Å². The SMILES string of the molecule is CCOC(=O)N1CCC(NC(=O)Cc2csc(Nc3cccc(C)n3)n2)CC1. The van der Waals surface area contributed by atoms with E-state index in [1.807, 2.05) is 30.5 Å². The van der Waals surface area contributed by atoms with Crippen molar-refractivity contribution in [1.29, 1.82) is 0 Å². The monoisotopic (exact) mass is 403 g/mol. The molecule has 2 N–H and O–H groups in total. The Hall–Kier alpha value is -2.68. The van der Waals surface area contributed by atoms with Gasteiger partial charge in [0.15, 0.2) is 5.13 Å². The van der Waals surface area contributed by atoms with Crippen molar-refractivity contribution in [2.75, 3.05) is 25.0 Å². The molecule has 0 aromatic carbocycles. The van der Waals surface area contributed by atoms with Gasteiger partial charge in [-0.1, -0.05) is 6.07 Å². The Bertz CT molecular complexity index is 817. The van der Waals surface area contributed by atoms with E-state index in [1.54, 1.807) is 11.8 Å². The number of rotatable bonds is 6. The lowest BCUT2D eigenvalue weighted by Gasteiger charge is -2.31. The van der Waals surface area contributed by atoms with Crippen molar-refractivity contribution < 1.29 is 14.3 Å². The normalized spacial score (nSPS) is 14.6. The summed E-state index contributed by atoms with van der Waals surface area (Å²) in [6.07, 6.45) is 1.41. The fourth-order valence-electron chi connectivity index (χ4n) is 3.03. The minimum absolute atomic E-state index is 0.0554. The first-order chi connectivity index (χ1) is 13.5. The Balaban J connectivity index is 1.44. The number of thiazole rings is 1. The van der Waals surface area contributed by atoms with Crippen LogP contribution in [0.1, 0.15) is 31.2 Å². The minimum Gasteiger partial charge on any atom is -0.450 e. The molecule has 0 bridgehead atoms. The molecule has 0 unspecified atom stereocenters. The van der Waals surface area contributed by atoms with E-state index in [4.69, 9.17) is 4.74 Å². The van der Waals surface area contributed by atoms with Crippen LogP contribution in [0, 0.1) is 6.92 Å². The quantitative estimate of drug-likeness (QED) is 0.770. The highest BCUT2D eigenvalue weighted by atomic mass is 32.1. The van der Waals surface area contributed by atoms with Gasteiger partial charge in [0, 0.05) is 30.2 Å². The molecule has 2 amide bonds. The van der Waals surface area contributed by atoms with E-state index in [2.05, 4.69) is 20.6 Å². The zero-order chi connectivity index (χ0) is 19.9. The fourth-order valence-corrected chi connectivity index (χ4v) is 3.75. The fraction of sp³-hybridized carbons (Fsp3) is 0.474. The van der Waals surface area contributed by atoms with Gasteiger partial charge in [-0.25, -0.2) is 14.8 Å². The topological polar surface area (TPSA) is 96.5 Å². The van der Waals surface area contributed by atoms with Crippen molar-refractivity contribution >= 4 is 34.3 Å². The van der Waals surface area contributed by atoms with Crippen molar-refractivity contribution in [3.63, 3.8) is 0 Å². The Morgan fingerprint density at radius 2 is 2.07 bits per heavy atom. The molecule has 3 heterocycles. The second-order valence-corrected chi connectivity index (χ2v) is 7.50. The number of hydrogen-bond acceptors (Lipinski definition) is 7. The number of anilines is 2. The van der Waals surface area contributed by atoms with Gasteiger partial charge in [-0.05, 0) is 38.8 Å². The van der Waals surface area contributed by atoms with Crippen LogP contribution in [0.2, 0.25) is 0 Å². The molecule has 2 aromatic rings. The maximum absolute atomic E-state index is 12.3. The third-order valence-electron chi connectivity index (χ3n) is 4.40. The Morgan fingerprint density at radius 3 is 2.79 bits per heavy atom. The number of nitrogens with zero attached hydrogens (tertiary/aromatic N) is 3. The maximum atomic E-state index is 12.3. The third-order valence-corrected chi connectivity index (χ3v) is 5.21. The first-order valence-corrected chi connectivity index (χ1v) is 10.3. The number of carbonyl (C=O) groups is 2. The van der Waals surface area contributed by atoms with Gasteiger partial charge in [-0.2, -0.15) is 0 Å². The van der Waals surface area contributed by atoms with Gasteiger partial charge in [0.25, 0.3) is 0 Å². The maximum Gasteiger partial charge on any atom is 0.409 e. The molecule has 0 spiro atoms. The molecule has 2 aromatic heterocycles. The van der Waals surface area contributed by atoms with Crippen LogP contribution in [0.4, 0.5) is 15.7 Å². The molecule has 150 valence electrons. The number of aromatic nitrogens is 2. The van der Waals surface area contributed by atoms with Crippen LogP contribution in [-0.2, 0) is 16.0 Å². The highest BCUT2D eigenvalue weighted by molar-refractivity contribution is 7.13. The molecule has 0 saturated carbocycles. The van der Waals surface area contributed by atoms with E-state index in [-0.39, 0.29) is 24.5 Å². The van der Waals surface area contributed by atoms with Crippen molar-refractivity contribution in [2.45, 2.75) is 39.2 Å². The number of amides is 2. The number of piperidine rings is 1. The molecule has 1 saturated heterocycles. The smallest absolute Gasteiger partial charge is 0.409 e. The lowest BCUT2D eigenvalue weighted by Crippen LogP contribution is -2.47. The van der Waals surface area contributed by atoms with E-state index in [0.29, 0.717) is 24.8 Å². The highest BCUT2D eigenvalue weighted by Crippen LogP contribution is 2.20. The number of likely N-dealkylation sites (tertiary alicyclic amines) is 1. The molecule has 3 rings (SSSR count). The van der Waals surface area contributed by atoms with E-state index in [9.17, 15) is 9.59 Å². The zero-order valence-corrected chi connectivity index (χ0v) is 16.9. The molecule has 1 fully saturated rings. The molecular formula is C19H25N5O3S. The summed E-state index contributed by atoms with van der Waals surface area (Å²) in [5.41, 5.74) is 1.65. The third kappa shape index (κ3) is 5.66. The lowest BCUT2D eigenvalue weighted by molar-refractivity contribution is -0.121. The summed E-state index contributed by atoms with van der Waals surface area (Å²) in [7, 11) is 0. The molecule has 0 atom stereocenters. The summed E-state index contributed by atoms with van der Waals surface area (Å²) in [5, 5.41) is 8.79. The van der Waals surface area contributed by atoms with Crippen molar-refractivity contribution in [3.8, 4) is 0 Å². The van der Waals surface area contributed by atoms with Gasteiger partial charge in [-0.3, -0.25) is 4.79 Å². The number of carbonyl (C=O) groups excluding carboxylic acids is 2. The van der Waals surface area contributed by atoms with Gasteiger partial charge in [0.05, 0.1) is 18.7 Å². The Morgan fingerprint density at radius 1 is 1.29 bits per heavy atom. The summed E-state index contributed by atoms with van der Waals surface area (Å²) < 4.78 is 5.01. The van der Waals surface area contributed by atoms with E-state index in [0.717, 1.165) is 30.0 Å². The minimum atomic E-state index is -0.280. The second-order valence-electron chi connectivity index (χ2n) is 6.64. The number of aryl methyl sites for hydroxylation is 1. The van der Waals surface area contributed by atoms with E-state index >= 15 is 0 Å². The summed E-state index contributed by atoms with van der Waals surface area (Å²) in [4.78, 5) is 34.6. The van der Waals surface area contributed by atoms with Crippen molar-refractivity contribution in [2.24, 2.45) is 0 Å². The zero-order valence-electron chi connectivity index (χ0n) is 16.1.